The summed E-state index contributed by atoms with van der Waals surface area (Å²) in [4.78, 5) is 9.07. The van der Waals surface area contributed by atoms with Gasteiger partial charge in [-0.15, -0.1) is 11.3 Å². The van der Waals surface area contributed by atoms with Gasteiger partial charge in [0, 0.05) is 27.3 Å². The summed E-state index contributed by atoms with van der Waals surface area (Å²) >= 11 is 8.84. The SMILES string of the molecule is N#Cc1c(N)nc(SCc2csc(-c3ccc(Cl)cc3)n2)c(C#N)c1-c1ccc(O[C@H]2COC[C@@H]2O)cc1. The molecule has 0 unspecified atom stereocenters. The number of nitrogen functional groups attached to an aromatic ring is 1. The van der Waals surface area contributed by atoms with Gasteiger partial charge in [-0.25, -0.2) is 9.97 Å². The van der Waals surface area contributed by atoms with Crippen LogP contribution in [0.3, 0.4) is 0 Å². The Balaban J connectivity index is 1.40. The van der Waals surface area contributed by atoms with Crippen molar-refractivity contribution in [1.82, 2.24) is 9.97 Å². The average Bonchev–Trinajstić information content (AvgIpc) is 3.57. The van der Waals surface area contributed by atoms with E-state index in [2.05, 4.69) is 17.1 Å². The number of rotatable bonds is 7. The number of hydrogen-bond donors (Lipinski definition) is 2. The Kier molecular flexibility index (Phi) is 7.79. The highest BCUT2D eigenvalue weighted by atomic mass is 35.5. The van der Waals surface area contributed by atoms with Crippen LogP contribution in [0.2, 0.25) is 5.02 Å². The van der Waals surface area contributed by atoms with E-state index in [-0.39, 0.29) is 23.6 Å². The summed E-state index contributed by atoms with van der Waals surface area (Å²) in [6.45, 7) is 0.543. The van der Waals surface area contributed by atoms with Gasteiger partial charge in [-0.3, -0.25) is 0 Å². The highest BCUT2D eigenvalue weighted by molar-refractivity contribution is 7.98. The van der Waals surface area contributed by atoms with Gasteiger partial charge in [0.05, 0.1) is 24.5 Å². The van der Waals surface area contributed by atoms with E-state index in [1.807, 2.05) is 29.6 Å². The Morgan fingerprint density at radius 1 is 1.05 bits per heavy atom. The van der Waals surface area contributed by atoms with E-state index >= 15 is 0 Å². The van der Waals surface area contributed by atoms with Gasteiger partial charge in [0.1, 0.15) is 51.5 Å². The highest BCUT2D eigenvalue weighted by Crippen LogP contribution is 2.38. The van der Waals surface area contributed by atoms with E-state index in [1.54, 1.807) is 24.3 Å². The number of nitriles is 2. The molecule has 1 aliphatic heterocycles. The first-order valence-electron chi connectivity index (χ1n) is 11.5. The molecule has 5 rings (SSSR count). The predicted molar refractivity (Wildman–Crippen MR) is 147 cm³/mol. The summed E-state index contributed by atoms with van der Waals surface area (Å²) in [5, 5.41) is 33.7. The first kappa shape index (κ1) is 26.0. The molecule has 2 aromatic heterocycles. The number of aliphatic hydroxyl groups is 1. The molecular weight excluding hydrogens is 542 g/mol. The van der Waals surface area contributed by atoms with E-state index in [1.165, 1.54) is 23.1 Å². The van der Waals surface area contributed by atoms with Gasteiger partial charge in [0.2, 0.25) is 0 Å². The van der Waals surface area contributed by atoms with Crippen LogP contribution in [0.25, 0.3) is 21.7 Å². The van der Waals surface area contributed by atoms with Gasteiger partial charge in [0.25, 0.3) is 0 Å². The minimum Gasteiger partial charge on any atom is -0.485 e. The lowest BCUT2D eigenvalue weighted by molar-refractivity contribution is 0.0733. The number of aliphatic hydroxyl groups excluding tert-OH is 1. The number of benzene rings is 2. The molecule has 2 atom stereocenters. The van der Waals surface area contributed by atoms with Gasteiger partial charge >= 0.3 is 0 Å². The van der Waals surface area contributed by atoms with Crippen molar-refractivity contribution in [1.29, 1.82) is 10.5 Å². The van der Waals surface area contributed by atoms with Gasteiger partial charge < -0.3 is 20.3 Å². The van der Waals surface area contributed by atoms with Crippen molar-refractivity contribution in [2.24, 2.45) is 0 Å². The zero-order valence-corrected chi connectivity index (χ0v) is 22.2. The number of nitrogens with zero attached hydrogens (tertiary/aromatic N) is 4. The Morgan fingerprint density at radius 2 is 1.76 bits per heavy atom. The van der Waals surface area contributed by atoms with E-state index < -0.39 is 12.2 Å². The second-order valence-electron chi connectivity index (χ2n) is 8.38. The van der Waals surface area contributed by atoms with Crippen LogP contribution in [-0.4, -0.2) is 40.5 Å². The molecule has 3 N–H and O–H groups in total. The first-order valence-corrected chi connectivity index (χ1v) is 13.7. The number of thioether (sulfide) groups is 1. The fourth-order valence-corrected chi connectivity index (χ4v) is 5.89. The largest absolute Gasteiger partial charge is 0.485 e. The Labute approximate surface area is 232 Å². The molecule has 8 nitrogen and oxygen atoms in total. The minimum atomic E-state index is -0.690. The van der Waals surface area contributed by atoms with Crippen LogP contribution in [0.15, 0.2) is 58.9 Å². The number of thiazole rings is 1. The maximum absolute atomic E-state index is 10.1. The van der Waals surface area contributed by atoms with Gasteiger partial charge in [0.15, 0.2) is 0 Å². The summed E-state index contributed by atoms with van der Waals surface area (Å²) in [6.07, 6.45) is -1.14. The summed E-state index contributed by atoms with van der Waals surface area (Å²) in [7, 11) is 0. The van der Waals surface area contributed by atoms with Crippen LogP contribution < -0.4 is 10.5 Å². The molecule has 2 aromatic carbocycles. The molecule has 4 aromatic rings. The van der Waals surface area contributed by atoms with Crippen molar-refractivity contribution < 1.29 is 14.6 Å². The molecule has 38 heavy (non-hydrogen) atoms. The van der Waals surface area contributed by atoms with Gasteiger partial charge in [-0.2, -0.15) is 10.5 Å². The smallest absolute Gasteiger partial charge is 0.150 e. The van der Waals surface area contributed by atoms with E-state index in [0.717, 1.165) is 16.3 Å². The molecule has 3 heterocycles. The van der Waals surface area contributed by atoms with Crippen molar-refractivity contribution >= 4 is 40.5 Å². The molecule has 0 radical (unpaired) electrons. The number of anilines is 1. The maximum Gasteiger partial charge on any atom is 0.150 e. The lowest BCUT2D eigenvalue weighted by Crippen LogP contribution is -2.29. The molecule has 1 fully saturated rings. The molecule has 0 bridgehead atoms. The molecule has 0 amide bonds. The Hall–Kier alpha value is -3.64. The monoisotopic (exact) mass is 561 g/mol. The third-order valence-corrected chi connectivity index (χ3v) is 8.05. The molecule has 11 heteroatoms. The molecule has 0 spiro atoms. The number of nitrogens with two attached hydrogens (primary N) is 1. The number of pyridine rings is 1. The Bertz CT molecular complexity index is 1550. The standard InChI is InChI=1S/C27H20ClN5O3S2/c28-17-5-1-16(2-6-17)26-32-18(13-37-26)14-38-27-21(10-30)24(20(9-29)25(31)33-27)15-3-7-19(8-4-15)36-23-12-35-11-22(23)34/h1-8,13,22-23,34H,11-12,14H2,(H2,31,33)/t22-,23-/m0/s1. The second-order valence-corrected chi connectivity index (χ2v) is 10.6. The lowest BCUT2D eigenvalue weighted by atomic mass is 9.97. The van der Waals surface area contributed by atoms with Crippen LogP contribution in [0.4, 0.5) is 5.82 Å². The van der Waals surface area contributed by atoms with Gasteiger partial charge in [-0.1, -0.05) is 47.6 Å². The second kappa shape index (κ2) is 11.4. The quantitative estimate of drug-likeness (QED) is 0.288. The number of ether oxygens (including phenoxy) is 2. The molecule has 0 aliphatic carbocycles. The fourth-order valence-electron chi connectivity index (χ4n) is 3.94. The number of hydrogen-bond acceptors (Lipinski definition) is 10. The summed E-state index contributed by atoms with van der Waals surface area (Å²) in [5.74, 6) is 1.06. The zero-order valence-electron chi connectivity index (χ0n) is 19.8. The fraction of sp³-hybridized carbons (Fsp3) is 0.185. The third kappa shape index (κ3) is 5.46. The normalized spacial score (nSPS) is 16.6. The van der Waals surface area contributed by atoms with Crippen LogP contribution >= 0.6 is 34.7 Å². The summed E-state index contributed by atoms with van der Waals surface area (Å²) in [5.41, 5.74) is 9.41. The van der Waals surface area contributed by atoms with Crippen LogP contribution in [0.5, 0.6) is 5.75 Å². The van der Waals surface area contributed by atoms with E-state index in [4.69, 9.17) is 31.8 Å². The number of halogens is 1. The third-order valence-electron chi connectivity index (χ3n) is 5.85. The Morgan fingerprint density at radius 3 is 2.42 bits per heavy atom. The van der Waals surface area contributed by atoms with Gasteiger partial charge in [-0.05, 0) is 29.8 Å². The van der Waals surface area contributed by atoms with Crippen LogP contribution in [-0.2, 0) is 10.5 Å². The van der Waals surface area contributed by atoms with Crippen LogP contribution in [0.1, 0.15) is 16.8 Å². The summed E-state index contributed by atoms with van der Waals surface area (Å²) in [6, 6.07) is 18.7. The zero-order chi connectivity index (χ0) is 26.6. The molecule has 1 saturated heterocycles. The molecular formula is C27H20ClN5O3S2. The molecule has 0 saturated carbocycles. The van der Waals surface area contributed by atoms with E-state index in [0.29, 0.717) is 39.3 Å². The molecule has 1 aliphatic rings. The van der Waals surface area contributed by atoms with Crippen molar-refractivity contribution in [3.05, 3.63) is 75.8 Å². The lowest BCUT2D eigenvalue weighted by Gasteiger charge is -2.16. The van der Waals surface area contributed by atoms with Crippen LogP contribution in [0, 0.1) is 22.7 Å². The first-order chi connectivity index (χ1) is 18.5. The van der Waals surface area contributed by atoms with Crippen molar-refractivity contribution in [3.8, 4) is 39.6 Å². The van der Waals surface area contributed by atoms with Crippen molar-refractivity contribution in [3.63, 3.8) is 0 Å². The van der Waals surface area contributed by atoms with Crippen molar-refractivity contribution in [2.75, 3.05) is 18.9 Å². The highest BCUT2D eigenvalue weighted by Gasteiger charge is 2.28. The molecule has 190 valence electrons. The topological polar surface area (TPSA) is 138 Å². The predicted octanol–water partition coefficient (Wildman–Crippen LogP) is 5.28. The van der Waals surface area contributed by atoms with E-state index in [9.17, 15) is 15.6 Å². The minimum absolute atomic E-state index is 0.0516. The maximum atomic E-state index is 10.1. The summed E-state index contributed by atoms with van der Waals surface area (Å²) < 4.78 is 11.0. The number of aromatic nitrogens is 2. The average molecular weight is 562 g/mol. The van der Waals surface area contributed by atoms with Crippen molar-refractivity contribution in [2.45, 2.75) is 23.0 Å².